The van der Waals surface area contributed by atoms with E-state index in [1.54, 1.807) is 20.2 Å². The Morgan fingerprint density at radius 2 is 2.05 bits per heavy atom. The summed E-state index contributed by atoms with van der Waals surface area (Å²) in [5.74, 6) is 0.233. The van der Waals surface area contributed by atoms with E-state index in [1.807, 2.05) is 24.3 Å². The molecule has 0 unspecified atom stereocenters. The van der Waals surface area contributed by atoms with E-state index >= 15 is 0 Å². The minimum Gasteiger partial charge on any atom is -0.497 e. The first-order valence-electron chi connectivity index (χ1n) is 6.21. The first-order chi connectivity index (χ1) is 9.56. The van der Waals surface area contributed by atoms with E-state index in [4.69, 9.17) is 4.74 Å². The summed E-state index contributed by atoms with van der Waals surface area (Å²) >= 11 is 0. The summed E-state index contributed by atoms with van der Waals surface area (Å²) in [7, 11) is 4.56. The lowest BCUT2D eigenvalue weighted by Gasteiger charge is -2.13. The number of methoxy groups -OCH3 is 2. The molecule has 5 heteroatoms. The average molecular weight is 277 g/mol. The zero-order valence-electron chi connectivity index (χ0n) is 12.0. The van der Waals surface area contributed by atoms with Crippen LogP contribution in [0.15, 0.2) is 30.3 Å². The van der Waals surface area contributed by atoms with Gasteiger partial charge in [-0.1, -0.05) is 12.1 Å². The number of amides is 1. The van der Waals surface area contributed by atoms with Crippen molar-refractivity contribution in [2.24, 2.45) is 0 Å². The van der Waals surface area contributed by atoms with Crippen molar-refractivity contribution in [1.82, 2.24) is 4.90 Å². The molecule has 0 spiro atoms. The molecule has 0 atom stereocenters. The molecular weight excluding hydrogens is 258 g/mol. The van der Waals surface area contributed by atoms with Crippen LogP contribution in [-0.2, 0) is 14.3 Å². The standard InChI is InChI=1S/C15H19NO4/c1-16(10-9-15(18)20-3)14(17)8-7-12-5-4-6-13(11-12)19-2/h4-8,11H,9-10H2,1-3H3. The van der Waals surface area contributed by atoms with E-state index in [2.05, 4.69) is 4.74 Å². The SMILES string of the molecule is COC(=O)CCN(C)C(=O)C=Cc1cccc(OC)c1. The molecule has 0 saturated heterocycles. The molecule has 0 radical (unpaired) electrons. The number of esters is 1. The number of ether oxygens (including phenoxy) is 2. The monoisotopic (exact) mass is 277 g/mol. The lowest BCUT2D eigenvalue weighted by atomic mass is 10.2. The zero-order valence-corrected chi connectivity index (χ0v) is 12.0. The molecule has 0 aliphatic rings. The molecular formula is C15H19NO4. The number of hydrogen-bond acceptors (Lipinski definition) is 4. The summed E-state index contributed by atoms with van der Waals surface area (Å²) in [6, 6.07) is 7.39. The highest BCUT2D eigenvalue weighted by Gasteiger charge is 2.07. The van der Waals surface area contributed by atoms with E-state index in [1.165, 1.54) is 18.1 Å². The Morgan fingerprint density at radius 1 is 1.30 bits per heavy atom. The minimum absolute atomic E-state index is 0.170. The first kappa shape index (κ1) is 15.8. The third-order valence-corrected chi connectivity index (χ3v) is 2.77. The highest BCUT2D eigenvalue weighted by atomic mass is 16.5. The normalized spacial score (nSPS) is 10.3. The van der Waals surface area contributed by atoms with Crippen molar-refractivity contribution in [2.75, 3.05) is 27.8 Å². The zero-order chi connectivity index (χ0) is 15.0. The molecule has 1 aromatic carbocycles. The van der Waals surface area contributed by atoms with Gasteiger partial charge in [-0.2, -0.15) is 0 Å². The fraction of sp³-hybridized carbons (Fsp3) is 0.333. The molecule has 20 heavy (non-hydrogen) atoms. The van der Waals surface area contributed by atoms with Crippen LogP contribution in [-0.4, -0.2) is 44.6 Å². The van der Waals surface area contributed by atoms with Gasteiger partial charge in [0, 0.05) is 19.7 Å². The predicted octanol–water partition coefficient (Wildman–Crippen LogP) is 1.73. The number of likely N-dealkylation sites (N-methyl/N-ethyl adjacent to an activating group) is 1. The molecule has 0 N–H and O–H groups in total. The summed E-state index contributed by atoms with van der Waals surface area (Å²) in [5, 5.41) is 0. The lowest BCUT2D eigenvalue weighted by molar-refractivity contribution is -0.141. The summed E-state index contributed by atoms with van der Waals surface area (Å²) < 4.78 is 9.63. The second kappa shape index (κ2) is 7.99. The van der Waals surface area contributed by atoms with Crippen molar-refractivity contribution in [2.45, 2.75) is 6.42 Å². The molecule has 0 aliphatic heterocycles. The quantitative estimate of drug-likeness (QED) is 0.587. The van der Waals surface area contributed by atoms with Gasteiger partial charge in [0.1, 0.15) is 5.75 Å². The second-order valence-corrected chi connectivity index (χ2v) is 4.20. The van der Waals surface area contributed by atoms with E-state index < -0.39 is 0 Å². The Balaban J connectivity index is 2.55. The molecule has 0 aromatic heterocycles. The smallest absolute Gasteiger partial charge is 0.307 e. The van der Waals surface area contributed by atoms with Gasteiger partial charge in [0.15, 0.2) is 0 Å². The molecule has 0 heterocycles. The average Bonchev–Trinajstić information content (AvgIpc) is 2.49. The minimum atomic E-state index is -0.332. The topological polar surface area (TPSA) is 55.8 Å². The van der Waals surface area contributed by atoms with Crippen molar-refractivity contribution in [3.63, 3.8) is 0 Å². The molecule has 1 rings (SSSR count). The Morgan fingerprint density at radius 3 is 2.70 bits per heavy atom. The molecule has 108 valence electrons. The summed E-state index contributed by atoms with van der Waals surface area (Å²) in [5.41, 5.74) is 0.874. The number of rotatable bonds is 6. The van der Waals surface area contributed by atoms with E-state index in [0.29, 0.717) is 6.54 Å². The maximum atomic E-state index is 11.8. The maximum absolute atomic E-state index is 11.8. The first-order valence-corrected chi connectivity index (χ1v) is 6.21. The van der Waals surface area contributed by atoms with E-state index in [-0.39, 0.29) is 18.3 Å². The maximum Gasteiger partial charge on any atom is 0.307 e. The number of carbonyl (C=O) groups is 2. The van der Waals surface area contributed by atoms with Crippen molar-refractivity contribution < 1.29 is 19.1 Å². The van der Waals surface area contributed by atoms with Gasteiger partial charge in [-0.25, -0.2) is 0 Å². The highest BCUT2D eigenvalue weighted by molar-refractivity contribution is 5.91. The van der Waals surface area contributed by atoms with Gasteiger partial charge in [0.25, 0.3) is 0 Å². The predicted molar refractivity (Wildman–Crippen MR) is 76.3 cm³/mol. The van der Waals surface area contributed by atoms with Gasteiger partial charge in [-0.15, -0.1) is 0 Å². The van der Waals surface area contributed by atoms with Crippen LogP contribution in [0.2, 0.25) is 0 Å². The Hall–Kier alpha value is -2.30. The van der Waals surface area contributed by atoms with Crippen LogP contribution in [0.3, 0.4) is 0 Å². The summed E-state index contributed by atoms with van der Waals surface area (Å²) in [6.45, 7) is 0.327. The second-order valence-electron chi connectivity index (χ2n) is 4.20. The fourth-order valence-electron chi connectivity index (χ4n) is 1.51. The van der Waals surface area contributed by atoms with Crippen LogP contribution in [0.25, 0.3) is 6.08 Å². The van der Waals surface area contributed by atoms with Gasteiger partial charge in [-0.05, 0) is 23.8 Å². The number of carbonyl (C=O) groups excluding carboxylic acids is 2. The number of hydrogen-bond donors (Lipinski definition) is 0. The number of benzene rings is 1. The molecule has 0 bridgehead atoms. The lowest BCUT2D eigenvalue weighted by Crippen LogP contribution is -2.27. The van der Waals surface area contributed by atoms with Crippen molar-refractivity contribution in [3.05, 3.63) is 35.9 Å². The Labute approximate surface area is 118 Å². The molecule has 0 fully saturated rings. The van der Waals surface area contributed by atoms with Crippen LogP contribution < -0.4 is 4.74 Å². The molecule has 5 nitrogen and oxygen atoms in total. The molecule has 1 amide bonds. The van der Waals surface area contributed by atoms with Gasteiger partial charge in [-0.3, -0.25) is 9.59 Å². The summed E-state index contributed by atoms with van der Waals surface area (Å²) in [6.07, 6.45) is 3.36. The summed E-state index contributed by atoms with van der Waals surface area (Å²) in [4.78, 5) is 24.3. The van der Waals surface area contributed by atoms with Crippen molar-refractivity contribution >= 4 is 18.0 Å². The third-order valence-electron chi connectivity index (χ3n) is 2.77. The van der Waals surface area contributed by atoms with Crippen LogP contribution >= 0.6 is 0 Å². The highest BCUT2D eigenvalue weighted by Crippen LogP contribution is 2.13. The molecule has 1 aromatic rings. The fourth-order valence-corrected chi connectivity index (χ4v) is 1.51. The van der Waals surface area contributed by atoms with Gasteiger partial charge in [0.2, 0.25) is 5.91 Å². The van der Waals surface area contributed by atoms with Gasteiger partial charge < -0.3 is 14.4 Å². The van der Waals surface area contributed by atoms with Crippen molar-refractivity contribution in [1.29, 1.82) is 0 Å². The van der Waals surface area contributed by atoms with Crippen LogP contribution in [0.5, 0.6) is 5.75 Å². The van der Waals surface area contributed by atoms with Crippen LogP contribution in [0.1, 0.15) is 12.0 Å². The number of nitrogens with zero attached hydrogens (tertiary/aromatic N) is 1. The largest absolute Gasteiger partial charge is 0.497 e. The third kappa shape index (κ3) is 5.14. The Kier molecular flexibility index (Phi) is 6.29. The van der Waals surface area contributed by atoms with E-state index in [9.17, 15) is 9.59 Å². The van der Waals surface area contributed by atoms with Crippen molar-refractivity contribution in [3.8, 4) is 5.75 Å². The van der Waals surface area contributed by atoms with Crippen LogP contribution in [0, 0.1) is 0 Å². The Bertz CT molecular complexity index is 496. The van der Waals surface area contributed by atoms with Gasteiger partial charge in [0.05, 0.1) is 20.6 Å². The van der Waals surface area contributed by atoms with Crippen LogP contribution in [0.4, 0.5) is 0 Å². The molecule has 0 aliphatic carbocycles. The molecule has 0 saturated carbocycles. The van der Waals surface area contributed by atoms with Gasteiger partial charge >= 0.3 is 5.97 Å². The van der Waals surface area contributed by atoms with E-state index in [0.717, 1.165) is 11.3 Å².